The molecule has 2 aromatic rings. The topological polar surface area (TPSA) is 76.4 Å². The number of anilines is 1. The van der Waals surface area contributed by atoms with Crippen molar-refractivity contribution in [3.63, 3.8) is 0 Å². The molecule has 0 aliphatic heterocycles. The highest BCUT2D eigenvalue weighted by atomic mass is 16.5. The Morgan fingerprint density at radius 1 is 1.33 bits per heavy atom. The van der Waals surface area contributed by atoms with Gasteiger partial charge < -0.3 is 15.2 Å². The molecule has 1 aromatic heterocycles. The van der Waals surface area contributed by atoms with Gasteiger partial charge in [0, 0.05) is 5.56 Å². The number of rotatable bonds is 5. The van der Waals surface area contributed by atoms with E-state index in [2.05, 4.69) is 10.4 Å². The van der Waals surface area contributed by atoms with Crippen LogP contribution in [0.4, 0.5) is 5.82 Å². The van der Waals surface area contributed by atoms with Crippen molar-refractivity contribution < 1.29 is 14.6 Å². The number of para-hydroxylation sites is 1. The molecule has 6 heteroatoms. The quantitative estimate of drug-likeness (QED) is 0.871. The van der Waals surface area contributed by atoms with Crippen LogP contribution in [-0.2, 0) is 5.54 Å². The first kappa shape index (κ1) is 17.8. The predicted octanol–water partition coefficient (Wildman–Crippen LogP) is 3.83. The number of methoxy groups -OCH3 is 1. The maximum absolute atomic E-state index is 11.7. The van der Waals surface area contributed by atoms with E-state index in [4.69, 9.17) is 4.74 Å². The van der Waals surface area contributed by atoms with E-state index in [1.807, 2.05) is 52.0 Å². The van der Waals surface area contributed by atoms with Gasteiger partial charge in [-0.15, -0.1) is 0 Å². The van der Waals surface area contributed by atoms with E-state index in [0.29, 0.717) is 11.5 Å². The Morgan fingerprint density at radius 3 is 2.50 bits per heavy atom. The summed E-state index contributed by atoms with van der Waals surface area (Å²) < 4.78 is 7.14. The van der Waals surface area contributed by atoms with Crippen LogP contribution in [-0.4, -0.2) is 28.0 Å². The van der Waals surface area contributed by atoms with Gasteiger partial charge in [-0.25, -0.2) is 9.48 Å². The fourth-order valence-corrected chi connectivity index (χ4v) is 2.71. The molecule has 0 amide bonds. The minimum Gasteiger partial charge on any atom is -0.496 e. The van der Waals surface area contributed by atoms with Crippen LogP contribution in [0, 0.1) is 6.92 Å². The monoisotopic (exact) mass is 331 g/mol. The summed E-state index contributed by atoms with van der Waals surface area (Å²) in [6.07, 6.45) is 0. The van der Waals surface area contributed by atoms with Crippen molar-refractivity contribution in [2.45, 2.75) is 46.2 Å². The molecule has 1 unspecified atom stereocenters. The molecule has 1 atom stereocenters. The van der Waals surface area contributed by atoms with Crippen molar-refractivity contribution in [3.8, 4) is 5.75 Å². The van der Waals surface area contributed by atoms with Gasteiger partial charge in [-0.05, 0) is 40.7 Å². The van der Waals surface area contributed by atoms with Crippen LogP contribution < -0.4 is 10.1 Å². The Balaban J connectivity index is 2.50. The van der Waals surface area contributed by atoms with Gasteiger partial charge in [-0.2, -0.15) is 5.10 Å². The van der Waals surface area contributed by atoms with E-state index >= 15 is 0 Å². The molecule has 0 saturated carbocycles. The number of carboxylic acids is 1. The molecule has 6 nitrogen and oxygen atoms in total. The lowest BCUT2D eigenvalue weighted by molar-refractivity contribution is 0.0697. The second-order valence-electron chi connectivity index (χ2n) is 6.80. The van der Waals surface area contributed by atoms with Crippen LogP contribution in [0.25, 0.3) is 0 Å². The molecule has 0 spiro atoms. The summed E-state index contributed by atoms with van der Waals surface area (Å²) >= 11 is 0. The second kappa shape index (κ2) is 6.55. The van der Waals surface area contributed by atoms with Crippen LogP contribution in [0.1, 0.15) is 55.4 Å². The molecule has 0 fully saturated rings. The fourth-order valence-electron chi connectivity index (χ4n) is 2.71. The van der Waals surface area contributed by atoms with Gasteiger partial charge in [-0.3, -0.25) is 0 Å². The SMILES string of the molecule is COc1ccccc1C(C)Nc1c(C(=O)O)c(C)nn1C(C)(C)C. The summed E-state index contributed by atoms with van der Waals surface area (Å²) in [7, 11) is 1.62. The average Bonchev–Trinajstić information content (AvgIpc) is 2.83. The van der Waals surface area contributed by atoms with Crippen molar-refractivity contribution in [1.29, 1.82) is 0 Å². The molecule has 24 heavy (non-hydrogen) atoms. The van der Waals surface area contributed by atoms with Gasteiger partial charge in [0.25, 0.3) is 0 Å². The molecule has 0 saturated heterocycles. The van der Waals surface area contributed by atoms with Gasteiger partial charge in [0.2, 0.25) is 0 Å². The number of ether oxygens (including phenoxy) is 1. The van der Waals surface area contributed by atoms with Crippen molar-refractivity contribution in [1.82, 2.24) is 9.78 Å². The summed E-state index contributed by atoms with van der Waals surface area (Å²) in [6.45, 7) is 9.65. The Bertz CT molecular complexity index is 744. The van der Waals surface area contributed by atoms with Crippen molar-refractivity contribution >= 4 is 11.8 Å². The first-order chi connectivity index (χ1) is 11.2. The molecule has 0 aliphatic carbocycles. The molecule has 1 aromatic carbocycles. The largest absolute Gasteiger partial charge is 0.496 e. The van der Waals surface area contributed by atoms with Crippen LogP contribution in [0.2, 0.25) is 0 Å². The molecule has 130 valence electrons. The zero-order chi connectivity index (χ0) is 18.1. The lowest BCUT2D eigenvalue weighted by Gasteiger charge is -2.25. The molecule has 2 N–H and O–H groups in total. The highest BCUT2D eigenvalue weighted by molar-refractivity contribution is 5.94. The third-order valence-electron chi connectivity index (χ3n) is 3.87. The highest BCUT2D eigenvalue weighted by Crippen LogP contribution is 2.32. The summed E-state index contributed by atoms with van der Waals surface area (Å²) in [6, 6.07) is 7.54. The zero-order valence-electron chi connectivity index (χ0n) is 15.0. The zero-order valence-corrected chi connectivity index (χ0v) is 15.0. The summed E-state index contributed by atoms with van der Waals surface area (Å²) in [5, 5.41) is 17.3. The number of carboxylic acid groups (broad SMARTS) is 1. The molecule has 2 rings (SSSR count). The molecule has 0 radical (unpaired) electrons. The first-order valence-corrected chi connectivity index (χ1v) is 7.89. The lowest BCUT2D eigenvalue weighted by Crippen LogP contribution is -2.26. The van der Waals surface area contributed by atoms with Gasteiger partial charge in [0.1, 0.15) is 17.1 Å². The third kappa shape index (κ3) is 3.37. The van der Waals surface area contributed by atoms with E-state index in [-0.39, 0.29) is 17.1 Å². The van der Waals surface area contributed by atoms with Crippen LogP contribution in [0.15, 0.2) is 24.3 Å². The third-order valence-corrected chi connectivity index (χ3v) is 3.87. The number of hydrogen-bond acceptors (Lipinski definition) is 4. The van der Waals surface area contributed by atoms with E-state index < -0.39 is 5.97 Å². The Hall–Kier alpha value is -2.50. The maximum atomic E-state index is 11.7. The summed E-state index contributed by atoms with van der Waals surface area (Å²) in [5.41, 5.74) is 1.30. The number of nitrogens with one attached hydrogen (secondary N) is 1. The van der Waals surface area contributed by atoms with Crippen LogP contribution in [0.3, 0.4) is 0 Å². The summed E-state index contributed by atoms with van der Waals surface area (Å²) in [5.74, 6) is 0.275. The number of nitrogens with zero attached hydrogens (tertiary/aromatic N) is 2. The van der Waals surface area contributed by atoms with E-state index in [0.717, 1.165) is 11.3 Å². The van der Waals surface area contributed by atoms with E-state index in [1.54, 1.807) is 18.7 Å². The molecule has 0 bridgehead atoms. The maximum Gasteiger partial charge on any atom is 0.341 e. The minimum atomic E-state index is -0.988. The number of aryl methyl sites for hydroxylation is 1. The van der Waals surface area contributed by atoms with Gasteiger partial charge in [-0.1, -0.05) is 18.2 Å². The smallest absolute Gasteiger partial charge is 0.341 e. The van der Waals surface area contributed by atoms with Crippen molar-refractivity contribution in [2.24, 2.45) is 0 Å². The molecular weight excluding hydrogens is 306 g/mol. The van der Waals surface area contributed by atoms with Crippen LogP contribution in [0.5, 0.6) is 5.75 Å². The molecule has 0 aliphatic rings. The number of benzene rings is 1. The Morgan fingerprint density at radius 2 is 1.96 bits per heavy atom. The van der Waals surface area contributed by atoms with Gasteiger partial charge in [0.05, 0.1) is 24.4 Å². The normalized spacial score (nSPS) is 12.8. The highest BCUT2D eigenvalue weighted by Gasteiger charge is 2.28. The van der Waals surface area contributed by atoms with Crippen LogP contribution >= 0.6 is 0 Å². The number of carbonyl (C=O) groups is 1. The van der Waals surface area contributed by atoms with E-state index in [9.17, 15) is 9.90 Å². The molecular formula is C18H25N3O3. The van der Waals surface area contributed by atoms with E-state index in [1.165, 1.54) is 0 Å². The fraction of sp³-hybridized carbons (Fsp3) is 0.444. The van der Waals surface area contributed by atoms with Gasteiger partial charge in [0.15, 0.2) is 0 Å². The first-order valence-electron chi connectivity index (χ1n) is 7.89. The lowest BCUT2D eigenvalue weighted by atomic mass is 10.1. The Kier molecular flexibility index (Phi) is 4.87. The standard InChI is InChI=1S/C18H25N3O3/c1-11(13-9-7-8-10-14(13)24-6)19-16-15(17(22)23)12(2)20-21(16)18(3,4)5/h7-11,19H,1-6H3,(H,22,23). The summed E-state index contributed by atoms with van der Waals surface area (Å²) in [4.78, 5) is 11.7. The Labute approximate surface area is 142 Å². The second-order valence-corrected chi connectivity index (χ2v) is 6.80. The average molecular weight is 331 g/mol. The van der Waals surface area contributed by atoms with Crippen molar-refractivity contribution in [3.05, 3.63) is 41.1 Å². The number of hydrogen-bond donors (Lipinski definition) is 2. The number of aromatic nitrogens is 2. The number of aromatic carboxylic acids is 1. The van der Waals surface area contributed by atoms with Crippen molar-refractivity contribution in [2.75, 3.05) is 12.4 Å². The molecule has 1 heterocycles. The van der Waals surface area contributed by atoms with Gasteiger partial charge >= 0.3 is 5.97 Å². The minimum absolute atomic E-state index is 0.142. The predicted molar refractivity (Wildman–Crippen MR) is 94.0 cm³/mol.